The fourth-order valence-electron chi connectivity index (χ4n) is 5.09. The number of nitrogens with zero attached hydrogens (tertiary/aromatic N) is 4. The normalized spacial score (nSPS) is 27.8. The van der Waals surface area contributed by atoms with Gasteiger partial charge in [0.1, 0.15) is 5.82 Å². The average molecular weight is 408 g/mol. The Morgan fingerprint density at radius 3 is 2.55 bits per heavy atom. The average Bonchev–Trinajstić information content (AvgIpc) is 3.23. The molecular formula is C22H35F2N5. The molecule has 1 aliphatic carbocycles. The number of rotatable bonds is 6. The number of aromatic nitrogens is 2. The zero-order chi connectivity index (χ0) is 20.7. The quantitative estimate of drug-likeness (QED) is 0.769. The molecule has 0 radical (unpaired) electrons. The van der Waals surface area contributed by atoms with Crippen molar-refractivity contribution in [3.63, 3.8) is 0 Å². The van der Waals surface area contributed by atoms with E-state index in [0.717, 1.165) is 26.1 Å². The number of halogens is 2. The van der Waals surface area contributed by atoms with E-state index in [1.807, 2.05) is 17.0 Å². The first-order valence-corrected chi connectivity index (χ1v) is 11.0. The van der Waals surface area contributed by atoms with Gasteiger partial charge in [0.25, 0.3) is 5.92 Å². The Hall–Kier alpha value is -1.34. The first kappa shape index (κ1) is 20.9. The second-order valence-electron chi connectivity index (χ2n) is 10.6. The third-order valence-electron chi connectivity index (χ3n) is 7.12. The monoisotopic (exact) mass is 407 g/mol. The van der Waals surface area contributed by atoms with Gasteiger partial charge >= 0.3 is 0 Å². The van der Waals surface area contributed by atoms with Crippen LogP contribution >= 0.6 is 0 Å². The van der Waals surface area contributed by atoms with E-state index in [1.54, 1.807) is 6.20 Å². The number of alkyl halides is 2. The maximum Gasteiger partial charge on any atom is 0.261 e. The molecule has 3 heterocycles. The van der Waals surface area contributed by atoms with Crippen LogP contribution in [-0.4, -0.2) is 64.8 Å². The summed E-state index contributed by atoms with van der Waals surface area (Å²) in [5, 5.41) is 11.5. The maximum atomic E-state index is 13.9. The van der Waals surface area contributed by atoms with E-state index < -0.39 is 5.92 Å². The Labute approximate surface area is 173 Å². The topological polar surface area (TPSA) is 44.3 Å². The third-order valence-corrected chi connectivity index (χ3v) is 7.12. The Bertz CT molecular complexity index is 682. The molecule has 3 aliphatic rings. The lowest BCUT2D eigenvalue weighted by Gasteiger charge is -2.37. The lowest BCUT2D eigenvalue weighted by molar-refractivity contribution is 0.00655. The molecular weight excluding hydrogens is 372 g/mol. The summed E-state index contributed by atoms with van der Waals surface area (Å²) in [7, 11) is 0. The van der Waals surface area contributed by atoms with Crippen LogP contribution in [0.1, 0.15) is 52.9 Å². The first-order valence-electron chi connectivity index (χ1n) is 11.0. The summed E-state index contributed by atoms with van der Waals surface area (Å²) in [5.41, 5.74) is 0.667. The fourth-order valence-corrected chi connectivity index (χ4v) is 5.09. The molecule has 0 amide bonds. The smallest absolute Gasteiger partial charge is 0.261 e. The lowest BCUT2D eigenvalue weighted by atomic mass is 9.88. The van der Waals surface area contributed by atoms with Crippen molar-refractivity contribution < 1.29 is 8.78 Å². The van der Waals surface area contributed by atoms with Crippen LogP contribution in [0.5, 0.6) is 0 Å². The minimum Gasteiger partial charge on any atom is -0.353 e. The van der Waals surface area contributed by atoms with E-state index in [4.69, 9.17) is 0 Å². The number of hydrogen-bond acceptors (Lipinski definition) is 5. The number of hydrogen-bond donors (Lipinski definition) is 1. The molecule has 1 aromatic rings. The molecule has 4 rings (SSSR count). The van der Waals surface area contributed by atoms with Gasteiger partial charge < -0.3 is 10.2 Å². The Kier molecular flexibility index (Phi) is 5.57. The Morgan fingerprint density at radius 1 is 1.21 bits per heavy atom. The summed E-state index contributed by atoms with van der Waals surface area (Å²) < 4.78 is 27.9. The van der Waals surface area contributed by atoms with Crippen LogP contribution in [0.2, 0.25) is 0 Å². The summed E-state index contributed by atoms with van der Waals surface area (Å²) in [6.07, 6.45) is 6.18. The molecule has 29 heavy (non-hydrogen) atoms. The van der Waals surface area contributed by atoms with Crippen molar-refractivity contribution in [1.29, 1.82) is 0 Å². The first-order chi connectivity index (χ1) is 13.7. The van der Waals surface area contributed by atoms with Crippen molar-refractivity contribution >= 4 is 5.82 Å². The van der Waals surface area contributed by atoms with Crippen molar-refractivity contribution in [3.05, 3.63) is 18.3 Å². The summed E-state index contributed by atoms with van der Waals surface area (Å²) in [6.45, 7) is 10.6. The predicted molar refractivity (Wildman–Crippen MR) is 111 cm³/mol. The molecule has 0 aromatic carbocycles. The Morgan fingerprint density at radius 2 is 1.97 bits per heavy atom. The highest BCUT2D eigenvalue weighted by atomic mass is 19.3. The van der Waals surface area contributed by atoms with E-state index in [0.29, 0.717) is 29.1 Å². The van der Waals surface area contributed by atoms with Crippen LogP contribution in [-0.2, 0) is 0 Å². The third kappa shape index (κ3) is 5.05. The van der Waals surface area contributed by atoms with E-state index in [1.165, 1.54) is 19.3 Å². The van der Waals surface area contributed by atoms with Gasteiger partial charge in [-0.05, 0) is 74.2 Å². The summed E-state index contributed by atoms with van der Waals surface area (Å²) in [6, 6.07) is 3.71. The van der Waals surface area contributed by atoms with Crippen molar-refractivity contribution in [3.8, 4) is 0 Å². The second kappa shape index (κ2) is 7.73. The number of piperidine rings is 1. The molecule has 2 aliphatic heterocycles. The molecule has 5 nitrogen and oxygen atoms in total. The van der Waals surface area contributed by atoms with Crippen LogP contribution < -0.4 is 5.32 Å². The van der Waals surface area contributed by atoms with Crippen LogP contribution in [0, 0.1) is 16.7 Å². The molecule has 3 fully saturated rings. The molecule has 1 spiro atoms. The molecule has 7 heteroatoms. The minimum atomic E-state index is -2.58. The van der Waals surface area contributed by atoms with Gasteiger partial charge in [0.2, 0.25) is 0 Å². The molecule has 1 saturated carbocycles. The summed E-state index contributed by atoms with van der Waals surface area (Å²) in [5.74, 6) is -1.50. The summed E-state index contributed by atoms with van der Waals surface area (Å²) >= 11 is 0. The molecule has 2 atom stereocenters. The fraction of sp³-hybridized carbons (Fsp3) is 0.818. The van der Waals surface area contributed by atoms with Gasteiger partial charge in [-0.1, -0.05) is 20.8 Å². The highest BCUT2D eigenvalue weighted by Gasteiger charge is 2.60. The van der Waals surface area contributed by atoms with Gasteiger partial charge in [0, 0.05) is 19.2 Å². The van der Waals surface area contributed by atoms with Gasteiger partial charge in [0.05, 0.1) is 12.7 Å². The number of nitrogens with one attached hydrogen (secondary N) is 1. The zero-order valence-corrected chi connectivity index (χ0v) is 18.0. The van der Waals surface area contributed by atoms with Crippen LogP contribution in [0.15, 0.2) is 18.3 Å². The number of likely N-dealkylation sites (tertiary alicyclic amines) is 2. The zero-order valence-electron chi connectivity index (χ0n) is 18.0. The SMILES string of the molecule is CC(C)(C)CCN1CCC2(CC1)CC2C(Nc1cccnn1)N1CCC(F)(F)C1. The van der Waals surface area contributed by atoms with Gasteiger partial charge in [-0.3, -0.25) is 4.90 Å². The van der Waals surface area contributed by atoms with Crippen molar-refractivity contribution in [2.24, 2.45) is 16.7 Å². The van der Waals surface area contributed by atoms with Crippen molar-refractivity contribution in [2.75, 3.05) is 38.0 Å². The molecule has 2 saturated heterocycles. The molecule has 162 valence electrons. The van der Waals surface area contributed by atoms with Crippen LogP contribution in [0.3, 0.4) is 0 Å². The largest absolute Gasteiger partial charge is 0.353 e. The predicted octanol–water partition coefficient (Wildman–Crippen LogP) is 4.09. The van der Waals surface area contributed by atoms with Gasteiger partial charge in [0.15, 0.2) is 0 Å². The number of anilines is 1. The van der Waals surface area contributed by atoms with E-state index in [-0.39, 0.29) is 19.1 Å². The molecule has 2 unspecified atom stereocenters. The van der Waals surface area contributed by atoms with Crippen molar-refractivity contribution in [1.82, 2.24) is 20.0 Å². The maximum absolute atomic E-state index is 13.9. The lowest BCUT2D eigenvalue weighted by Crippen LogP contribution is -2.45. The highest BCUT2D eigenvalue weighted by molar-refractivity contribution is 5.34. The minimum absolute atomic E-state index is 0.0497. The second-order valence-corrected chi connectivity index (χ2v) is 10.6. The van der Waals surface area contributed by atoms with Gasteiger partial charge in [-0.25, -0.2) is 8.78 Å². The highest BCUT2D eigenvalue weighted by Crippen LogP contribution is 2.62. The standard InChI is InChI=1S/C22H35F2N5/c1-20(2,3)6-11-28-12-7-21(8-13-28)15-17(21)19(26-18-5-4-10-25-27-18)29-14-9-22(23,24)16-29/h4-5,10,17,19H,6-9,11-16H2,1-3H3,(H,26,27). The van der Waals surface area contributed by atoms with Crippen LogP contribution in [0.25, 0.3) is 0 Å². The van der Waals surface area contributed by atoms with E-state index in [2.05, 4.69) is 41.2 Å². The van der Waals surface area contributed by atoms with Gasteiger partial charge in [-0.2, -0.15) is 5.10 Å². The van der Waals surface area contributed by atoms with E-state index >= 15 is 0 Å². The van der Waals surface area contributed by atoms with E-state index in [9.17, 15) is 8.78 Å². The molecule has 1 aromatic heterocycles. The summed E-state index contributed by atoms with van der Waals surface area (Å²) in [4.78, 5) is 4.53. The Balaban J connectivity index is 1.39. The molecule has 0 bridgehead atoms. The van der Waals surface area contributed by atoms with Gasteiger partial charge in [-0.15, -0.1) is 5.10 Å². The molecule has 1 N–H and O–H groups in total. The van der Waals surface area contributed by atoms with Crippen molar-refractivity contribution in [2.45, 2.75) is 65.0 Å². The van der Waals surface area contributed by atoms with Crippen LogP contribution in [0.4, 0.5) is 14.6 Å².